The predicted molar refractivity (Wildman–Crippen MR) is 112 cm³/mol. The topological polar surface area (TPSA) is 57.6 Å². The second-order valence-corrected chi connectivity index (χ2v) is 7.70. The molecule has 1 N–H and O–H groups in total. The zero-order valence-corrected chi connectivity index (χ0v) is 18.6. The molecular weight excluding hydrogens is 509 g/mol. The highest BCUT2D eigenvalue weighted by Gasteiger charge is 2.29. The van der Waals surface area contributed by atoms with E-state index < -0.39 is 11.8 Å². The van der Waals surface area contributed by atoms with E-state index in [-0.39, 0.29) is 25.6 Å². The highest BCUT2D eigenvalue weighted by atomic mass is 79.9. The molecule has 26 heavy (non-hydrogen) atoms. The maximum Gasteiger partial charge on any atom is 0.338 e. The van der Waals surface area contributed by atoms with E-state index in [1.165, 1.54) is 0 Å². The molecule has 0 unspecified atom stereocenters. The van der Waals surface area contributed by atoms with Crippen LogP contribution in [0.4, 0.5) is 5.69 Å². The number of hydrogen-bond donors (Lipinski definition) is 1. The summed E-state index contributed by atoms with van der Waals surface area (Å²) >= 11 is 18.8. The van der Waals surface area contributed by atoms with Gasteiger partial charge in [-0.15, -0.1) is 0 Å². The molecule has 0 aliphatic heterocycles. The lowest BCUT2D eigenvalue weighted by Crippen LogP contribution is -2.21. The van der Waals surface area contributed by atoms with Crippen LogP contribution < -0.4 is 4.90 Å². The van der Waals surface area contributed by atoms with E-state index in [1.807, 2.05) is 26.0 Å². The number of carboxylic acid groups (broad SMARTS) is 1. The summed E-state index contributed by atoms with van der Waals surface area (Å²) in [4.78, 5) is 26.8. The molecule has 2 aromatic carbocycles. The molecule has 0 saturated carbocycles. The first-order chi connectivity index (χ1) is 12.2. The summed E-state index contributed by atoms with van der Waals surface area (Å²) in [7, 11) is 0. The van der Waals surface area contributed by atoms with E-state index in [0.717, 1.165) is 18.8 Å². The Morgan fingerprint density at radius 2 is 1.42 bits per heavy atom. The van der Waals surface area contributed by atoms with Gasteiger partial charge in [0.25, 0.3) is 0 Å². The summed E-state index contributed by atoms with van der Waals surface area (Å²) in [6.07, 6.45) is 0. The Kier molecular flexibility index (Phi) is 7.13. The molecule has 0 heterocycles. The first-order valence-corrected chi connectivity index (χ1v) is 10.1. The Morgan fingerprint density at radius 1 is 0.962 bits per heavy atom. The van der Waals surface area contributed by atoms with Crippen molar-refractivity contribution >= 4 is 72.5 Å². The molecule has 138 valence electrons. The van der Waals surface area contributed by atoms with Crippen molar-refractivity contribution in [2.45, 2.75) is 13.8 Å². The number of carboxylic acids is 1. The third-order valence-corrected chi connectivity index (χ3v) is 7.30. The average molecular weight is 524 g/mol. The molecule has 8 heteroatoms. The van der Waals surface area contributed by atoms with Gasteiger partial charge in [0.2, 0.25) is 0 Å². The van der Waals surface area contributed by atoms with Crippen LogP contribution in [0.3, 0.4) is 0 Å². The van der Waals surface area contributed by atoms with Crippen LogP contribution in [0.1, 0.15) is 40.1 Å². The minimum Gasteiger partial charge on any atom is -0.478 e. The summed E-state index contributed by atoms with van der Waals surface area (Å²) < 4.78 is 0.618. The Bertz CT molecular complexity index is 866. The van der Waals surface area contributed by atoms with Gasteiger partial charge in [-0.2, -0.15) is 0 Å². The molecule has 0 aromatic heterocycles. The van der Waals surface area contributed by atoms with Gasteiger partial charge < -0.3 is 10.0 Å². The molecule has 0 aliphatic rings. The fourth-order valence-corrected chi connectivity index (χ4v) is 4.17. The molecule has 4 nitrogen and oxygen atoms in total. The summed E-state index contributed by atoms with van der Waals surface area (Å²) in [6.45, 7) is 5.77. The Labute approximate surface area is 178 Å². The maximum atomic E-state index is 13.0. The molecule has 0 amide bonds. The van der Waals surface area contributed by atoms with Gasteiger partial charge in [-0.05, 0) is 70.0 Å². The van der Waals surface area contributed by atoms with E-state index in [1.54, 1.807) is 12.1 Å². The predicted octanol–water partition coefficient (Wildman–Crippen LogP) is 6.29. The van der Waals surface area contributed by atoms with Gasteiger partial charge >= 0.3 is 5.97 Å². The minimum atomic E-state index is -1.33. The lowest BCUT2D eigenvalue weighted by Gasteiger charge is -2.21. The lowest BCUT2D eigenvalue weighted by atomic mass is 9.97. The number of halogens is 4. The highest BCUT2D eigenvalue weighted by Crippen LogP contribution is 2.42. The van der Waals surface area contributed by atoms with Crippen molar-refractivity contribution in [2.24, 2.45) is 0 Å². The monoisotopic (exact) mass is 521 g/mol. The number of aromatic carboxylic acids is 1. The number of ketones is 1. The van der Waals surface area contributed by atoms with E-state index in [2.05, 4.69) is 36.8 Å². The number of rotatable bonds is 6. The van der Waals surface area contributed by atoms with Crippen LogP contribution in [0.2, 0.25) is 10.0 Å². The van der Waals surface area contributed by atoms with E-state index in [0.29, 0.717) is 10.0 Å². The Morgan fingerprint density at radius 3 is 1.85 bits per heavy atom. The largest absolute Gasteiger partial charge is 0.478 e. The average Bonchev–Trinajstić information content (AvgIpc) is 2.63. The molecule has 0 fully saturated rings. The van der Waals surface area contributed by atoms with E-state index in [4.69, 9.17) is 23.2 Å². The smallest absolute Gasteiger partial charge is 0.338 e. The summed E-state index contributed by atoms with van der Waals surface area (Å²) in [5.74, 6) is -1.83. The molecule has 2 rings (SSSR count). The van der Waals surface area contributed by atoms with Crippen LogP contribution in [0, 0.1) is 0 Å². The van der Waals surface area contributed by atoms with Crippen LogP contribution in [0.25, 0.3) is 0 Å². The maximum absolute atomic E-state index is 13.0. The molecule has 0 spiro atoms. The minimum absolute atomic E-state index is 0.00325. The summed E-state index contributed by atoms with van der Waals surface area (Å²) in [6, 6.07) is 6.96. The first kappa shape index (κ1) is 21.2. The number of carbonyl (C=O) groups is 2. The zero-order valence-electron chi connectivity index (χ0n) is 13.9. The third kappa shape index (κ3) is 3.93. The second-order valence-electron chi connectivity index (χ2n) is 5.36. The normalized spacial score (nSPS) is 10.7. The van der Waals surface area contributed by atoms with Crippen molar-refractivity contribution in [1.29, 1.82) is 0 Å². The van der Waals surface area contributed by atoms with Crippen LogP contribution in [0.15, 0.2) is 33.2 Å². The van der Waals surface area contributed by atoms with E-state index >= 15 is 0 Å². The Hall–Kier alpha value is -1.08. The SMILES string of the molecule is CCN(CC)c1ccc(C(=O)c2c(Cl)c(Br)c(Br)c(Cl)c2C(=O)O)cc1. The van der Waals surface area contributed by atoms with Gasteiger partial charge in [0.1, 0.15) is 0 Å². The number of hydrogen-bond acceptors (Lipinski definition) is 3. The van der Waals surface area contributed by atoms with Crippen molar-refractivity contribution in [2.75, 3.05) is 18.0 Å². The standard InChI is InChI=1S/C18H15Br2Cl2NO3/c1-3-23(4-2)10-7-5-9(6-8-10)17(24)11-12(18(25)26)16(22)14(20)13(19)15(11)21/h5-8H,3-4H2,1-2H3,(H,25,26). The summed E-state index contributed by atoms with van der Waals surface area (Å²) in [5, 5.41) is 9.44. The number of carbonyl (C=O) groups excluding carboxylic acids is 1. The zero-order chi connectivity index (χ0) is 19.6. The fourth-order valence-electron chi connectivity index (χ4n) is 2.60. The number of nitrogens with zero attached hydrogens (tertiary/aromatic N) is 1. The number of benzene rings is 2. The van der Waals surface area contributed by atoms with Gasteiger partial charge in [-0.1, -0.05) is 23.2 Å². The van der Waals surface area contributed by atoms with Crippen molar-refractivity contribution in [1.82, 2.24) is 0 Å². The van der Waals surface area contributed by atoms with Crippen LogP contribution in [-0.2, 0) is 0 Å². The van der Waals surface area contributed by atoms with Gasteiger partial charge in [-0.25, -0.2) is 4.79 Å². The first-order valence-electron chi connectivity index (χ1n) is 7.73. The Balaban J connectivity index is 2.58. The fraction of sp³-hybridized carbons (Fsp3) is 0.222. The molecule has 0 atom stereocenters. The molecular formula is C18H15Br2Cl2NO3. The van der Waals surface area contributed by atoms with Gasteiger partial charge in [0.15, 0.2) is 5.78 Å². The molecule has 0 aliphatic carbocycles. The summed E-state index contributed by atoms with van der Waals surface area (Å²) in [5.41, 5.74) is 0.834. The molecule has 0 radical (unpaired) electrons. The molecule has 0 saturated heterocycles. The van der Waals surface area contributed by atoms with Crippen molar-refractivity contribution in [3.63, 3.8) is 0 Å². The third-order valence-electron chi connectivity index (χ3n) is 3.97. The van der Waals surface area contributed by atoms with Gasteiger partial charge in [-0.3, -0.25) is 4.79 Å². The second kappa shape index (κ2) is 8.74. The van der Waals surface area contributed by atoms with Crippen LogP contribution in [-0.4, -0.2) is 29.9 Å². The quantitative estimate of drug-likeness (QED) is 0.274. The van der Waals surface area contributed by atoms with Gasteiger partial charge in [0, 0.05) is 24.3 Å². The van der Waals surface area contributed by atoms with E-state index in [9.17, 15) is 14.7 Å². The van der Waals surface area contributed by atoms with Crippen LogP contribution in [0.5, 0.6) is 0 Å². The van der Waals surface area contributed by atoms with Crippen molar-refractivity contribution in [3.05, 3.63) is 59.9 Å². The molecule has 2 aromatic rings. The lowest BCUT2D eigenvalue weighted by molar-refractivity contribution is 0.0693. The highest BCUT2D eigenvalue weighted by molar-refractivity contribution is 9.13. The molecule has 0 bridgehead atoms. The van der Waals surface area contributed by atoms with Crippen molar-refractivity contribution in [3.8, 4) is 0 Å². The number of anilines is 1. The van der Waals surface area contributed by atoms with Crippen molar-refractivity contribution < 1.29 is 14.7 Å². The van der Waals surface area contributed by atoms with Gasteiger partial charge in [0.05, 0.1) is 30.1 Å². The van der Waals surface area contributed by atoms with Crippen LogP contribution >= 0.6 is 55.1 Å².